The third-order valence-corrected chi connectivity index (χ3v) is 5.22. The zero-order valence-corrected chi connectivity index (χ0v) is 14.3. The molecule has 6 heteroatoms. The molecule has 0 spiro atoms. The third kappa shape index (κ3) is 3.55. The molecule has 0 unspecified atom stereocenters. The van der Waals surface area contributed by atoms with E-state index in [0.717, 1.165) is 16.3 Å². The number of rotatable bonds is 5. The van der Waals surface area contributed by atoms with Gasteiger partial charge in [-0.2, -0.15) is 11.3 Å². The van der Waals surface area contributed by atoms with Crippen LogP contribution in [0.15, 0.2) is 40.4 Å². The van der Waals surface area contributed by atoms with Gasteiger partial charge in [-0.3, -0.25) is 4.90 Å². The van der Waals surface area contributed by atoms with Crippen LogP contribution in [0.5, 0.6) is 0 Å². The summed E-state index contributed by atoms with van der Waals surface area (Å²) in [4.78, 5) is 6.65. The quantitative estimate of drug-likeness (QED) is 0.619. The van der Waals surface area contributed by atoms with Crippen molar-refractivity contribution in [3.8, 4) is 10.6 Å². The molecule has 2 nitrogen and oxygen atoms in total. The Hall–Kier alpha value is -1.27. The normalized spacial score (nSPS) is 11.3. The Kier molecular flexibility index (Phi) is 4.88. The monoisotopic (exact) mass is 352 g/mol. The number of thiophene rings is 1. The van der Waals surface area contributed by atoms with Gasteiger partial charge in [-0.15, -0.1) is 11.3 Å². The van der Waals surface area contributed by atoms with E-state index in [1.807, 2.05) is 22.7 Å². The fourth-order valence-electron chi connectivity index (χ4n) is 2.18. The number of halogens is 2. The average molecular weight is 353 g/mol. The number of thiazole rings is 1. The lowest BCUT2D eigenvalue weighted by Crippen LogP contribution is -2.18. The van der Waals surface area contributed by atoms with E-state index in [0.29, 0.717) is 23.7 Å². The summed E-state index contributed by atoms with van der Waals surface area (Å²) < 4.78 is 13.8. The van der Waals surface area contributed by atoms with Gasteiger partial charge in [0.1, 0.15) is 10.8 Å². The molecular weight excluding hydrogens is 339 g/mol. The molecule has 0 fully saturated rings. The lowest BCUT2D eigenvalue weighted by atomic mass is 10.2. The van der Waals surface area contributed by atoms with Crippen molar-refractivity contribution >= 4 is 34.3 Å². The number of aromatic nitrogens is 1. The van der Waals surface area contributed by atoms with E-state index in [9.17, 15) is 4.39 Å². The molecule has 1 aromatic carbocycles. The van der Waals surface area contributed by atoms with Crippen LogP contribution in [0.1, 0.15) is 11.3 Å². The van der Waals surface area contributed by atoms with Gasteiger partial charge in [0.2, 0.25) is 0 Å². The number of hydrogen-bond acceptors (Lipinski definition) is 4. The van der Waals surface area contributed by atoms with Crippen LogP contribution in [0.2, 0.25) is 5.02 Å². The molecule has 0 aliphatic heterocycles. The third-order valence-electron chi connectivity index (χ3n) is 3.24. The number of hydrogen-bond donors (Lipinski definition) is 0. The first-order valence-electron chi connectivity index (χ1n) is 6.72. The molecule has 0 aliphatic rings. The van der Waals surface area contributed by atoms with Crippen LogP contribution in [0, 0.1) is 5.82 Å². The molecule has 3 rings (SSSR count). The Morgan fingerprint density at radius 2 is 2.09 bits per heavy atom. The molecule has 0 atom stereocenters. The predicted molar refractivity (Wildman–Crippen MR) is 92.0 cm³/mol. The van der Waals surface area contributed by atoms with Crippen molar-refractivity contribution in [3.63, 3.8) is 0 Å². The first-order valence-corrected chi connectivity index (χ1v) is 8.92. The molecule has 2 heterocycles. The summed E-state index contributed by atoms with van der Waals surface area (Å²) in [7, 11) is 1.94. The summed E-state index contributed by atoms with van der Waals surface area (Å²) in [5.41, 5.74) is 2.67. The maximum Gasteiger partial charge on any atom is 0.129 e. The molecule has 114 valence electrons. The maximum absolute atomic E-state index is 13.8. The van der Waals surface area contributed by atoms with Crippen LogP contribution in [-0.4, -0.2) is 16.9 Å². The highest BCUT2D eigenvalue weighted by molar-refractivity contribution is 7.14. The van der Waals surface area contributed by atoms with Crippen molar-refractivity contribution < 1.29 is 4.39 Å². The smallest absolute Gasteiger partial charge is 0.129 e. The van der Waals surface area contributed by atoms with E-state index in [-0.39, 0.29) is 5.82 Å². The Labute approximate surface area is 141 Å². The van der Waals surface area contributed by atoms with Crippen molar-refractivity contribution in [1.82, 2.24) is 9.88 Å². The molecule has 0 N–H and O–H groups in total. The van der Waals surface area contributed by atoms with Gasteiger partial charge in [0.25, 0.3) is 0 Å². The topological polar surface area (TPSA) is 16.1 Å². The standard InChI is InChI=1S/C16H14ClFN2S2/c1-20(8-13-14(17)3-2-4-15(13)18)7-12-10-22-16(19-12)11-5-6-21-9-11/h2-6,9-10H,7-8H2,1H3. The number of benzene rings is 1. The second-order valence-electron chi connectivity index (χ2n) is 5.03. The van der Waals surface area contributed by atoms with E-state index < -0.39 is 0 Å². The zero-order valence-electron chi connectivity index (χ0n) is 11.9. The summed E-state index contributed by atoms with van der Waals surface area (Å²) in [6, 6.07) is 6.84. The minimum Gasteiger partial charge on any atom is -0.296 e. The van der Waals surface area contributed by atoms with Crippen molar-refractivity contribution in [2.45, 2.75) is 13.1 Å². The second kappa shape index (κ2) is 6.87. The van der Waals surface area contributed by atoms with Crippen LogP contribution in [-0.2, 0) is 13.1 Å². The minimum atomic E-state index is -0.267. The summed E-state index contributed by atoms with van der Waals surface area (Å²) in [5, 5.41) is 7.67. The average Bonchev–Trinajstić information content (AvgIpc) is 3.13. The van der Waals surface area contributed by atoms with Crippen molar-refractivity contribution in [2.24, 2.45) is 0 Å². The minimum absolute atomic E-state index is 0.267. The largest absolute Gasteiger partial charge is 0.296 e. The first kappa shape index (κ1) is 15.6. The molecule has 0 amide bonds. The van der Waals surface area contributed by atoms with Crippen LogP contribution in [0.3, 0.4) is 0 Å². The molecule has 2 aromatic heterocycles. The lowest BCUT2D eigenvalue weighted by molar-refractivity contribution is 0.310. The molecule has 3 aromatic rings. The zero-order chi connectivity index (χ0) is 15.5. The van der Waals surface area contributed by atoms with Crippen molar-refractivity contribution in [3.05, 3.63) is 62.5 Å². The Bertz CT molecular complexity index is 735. The van der Waals surface area contributed by atoms with Crippen LogP contribution in [0.4, 0.5) is 4.39 Å². The van der Waals surface area contributed by atoms with Gasteiger partial charge < -0.3 is 0 Å². The summed E-state index contributed by atoms with van der Waals surface area (Å²) >= 11 is 9.36. The van der Waals surface area contributed by atoms with Gasteiger partial charge in [0.15, 0.2) is 0 Å². The van der Waals surface area contributed by atoms with Crippen LogP contribution >= 0.6 is 34.3 Å². The van der Waals surface area contributed by atoms with Gasteiger partial charge in [0.05, 0.1) is 5.69 Å². The molecule has 22 heavy (non-hydrogen) atoms. The van der Waals surface area contributed by atoms with E-state index in [4.69, 9.17) is 11.6 Å². The van der Waals surface area contributed by atoms with Gasteiger partial charge in [0, 0.05) is 40.0 Å². The molecule has 0 radical (unpaired) electrons. The van der Waals surface area contributed by atoms with E-state index in [1.54, 1.807) is 34.8 Å². The first-order chi connectivity index (χ1) is 10.6. The van der Waals surface area contributed by atoms with E-state index in [2.05, 4.69) is 16.4 Å². The SMILES string of the molecule is CN(Cc1csc(-c2ccsc2)n1)Cc1c(F)cccc1Cl. The summed E-state index contributed by atoms with van der Waals surface area (Å²) in [6.07, 6.45) is 0. The van der Waals surface area contributed by atoms with E-state index in [1.165, 1.54) is 6.07 Å². The Morgan fingerprint density at radius 3 is 2.82 bits per heavy atom. The van der Waals surface area contributed by atoms with Gasteiger partial charge in [-0.05, 0) is 30.6 Å². The molecular formula is C16H14ClFN2S2. The molecule has 0 aliphatic carbocycles. The summed E-state index contributed by atoms with van der Waals surface area (Å²) in [6.45, 7) is 1.11. The number of nitrogens with zero attached hydrogens (tertiary/aromatic N) is 2. The fraction of sp³-hybridized carbons (Fsp3) is 0.188. The van der Waals surface area contributed by atoms with Crippen LogP contribution in [0.25, 0.3) is 10.6 Å². The Morgan fingerprint density at radius 1 is 1.23 bits per heavy atom. The highest BCUT2D eigenvalue weighted by Crippen LogP contribution is 2.26. The van der Waals surface area contributed by atoms with Gasteiger partial charge in [-0.1, -0.05) is 17.7 Å². The van der Waals surface area contributed by atoms with Gasteiger partial charge in [-0.25, -0.2) is 9.37 Å². The van der Waals surface area contributed by atoms with Gasteiger partial charge >= 0.3 is 0 Å². The van der Waals surface area contributed by atoms with Crippen molar-refractivity contribution in [1.29, 1.82) is 0 Å². The summed E-state index contributed by atoms with van der Waals surface area (Å²) in [5.74, 6) is -0.267. The Balaban J connectivity index is 1.68. The lowest BCUT2D eigenvalue weighted by Gasteiger charge is -2.16. The molecule has 0 saturated heterocycles. The predicted octanol–water partition coefficient (Wildman–Crippen LogP) is 5.30. The highest BCUT2D eigenvalue weighted by Gasteiger charge is 2.12. The molecule has 0 bridgehead atoms. The van der Waals surface area contributed by atoms with Crippen molar-refractivity contribution in [2.75, 3.05) is 7.05 Å². The van der Waals surface area contributed by atoms with Crippen LogP contribution < -0.4 is 0 Å². The highest BCUT2D eigenvalue weighted by atomic mass is 35.5. The molecule has 0 saturated carbocycles. The second-order valence-corrected chi connectivity index (χ2v) is 7.07. The fourth-order valence-corrected chi connectivity index (χ4v) is 3.93. The maximum atomic E-state index is 13.8. The van der Waals surface area contributed by atoms with E-state index >= 15 is 0 Å².